The fourth-order valence-corrected chi connectivity index (χ4v) is 3.19. The molecule has 1 unspecified atom stereocenters. The lowest BCUT2D eigenvalue weighted by Gasteiger charge is -2.23. The molecule has 1 amide bonds. The lowest BCUT2D eigenvalue weighted by molar-refractivity contribution is -0.384. The third-order valence-electron chi connectivity index (χ3n) is 4.31. The number of nitro groups is 1. The number of carbonyl (C=O) groups is 2. The van der Waals surface area contributed by atoms with E-state index < -0.39 is 10.9 Å². The summed E-state index contributed by atoms with van der Waals surface area (Å²) in [6, 6.07) is 11.1. The van der Waals surface area contributed by atoms with E-state index in [4.69, 9.17) is 4.74 Å². The molecule has 1 atom stereocenters. The summed E-state index contributed by atoms with van der Waals surface area (Å²) in [5.41, 5.74) is 1.59. The number of rotatable bonds is 4. The first-order valence-electron chi connectivity index (χ1n) is 8.30. The van der Waals surface area contributed by atoms with Gasteiger partial charge in [0.25, 0.3) is 11.6 Å². The number of carbonyl (C=O) groups excluding carboxylic acids is 2. The van der Waals surface area contributed by atoms with Crippen LogP contribution < -0.4 is 4.90 Å². The largest absolute Gasteiger partial charge is 0.462 e. The third-order valence-corrected chi connectivity index (χ3v) is 4.31. The minimum absolute atomic E-state index is 0.00969. The van der Waals surface area contributed by atoms with Gasteiger partial charge in [-0.25, -0.2) is 4.79 Å². The number of nitrogens with zero attached hydrogens (tertiary/aromatic N) is 2. The van der Waals surface area contributed by atoms with Gasteiger partial charge in [0.1, 0.15) is 0 Å². The number of para-hydroxylation sites is 1. The van der Waals surface area contributed by atoms with Gasteiger partial charge in [-0.3, -0.25) is 14.9 Å². The van der Waals surface area contributed by atoms with Gasteiger partial charge < -0.3 is 9.64 Å². The summed E-state index contributed by atoms with van der Waals surface area (Å²) in [5.74, 6) is -1.07. The van der Waals surface area contributed by atoms with E-state index in [1.165, 1.54) is 12.1 Å². The van der Waals surface area contributed by atoms with Crippen LogP contribution in [0.5, 0.6) is 0 Å². The van der Waals surface area contributed by atoms with Gasteiger partial charge in [-0.2, -0.15) is 0 Å². The van der Waals surface area contributed by atoms with E-state index in [2.05, 4.69) is 0 Å². The summed E-state index contributed by atoms with van der Waals surface area (Å²) in [4.78, 5) is 37.3. The smallest absolute Gasteiger partial charge is 0.338 e. The van der Waals surface area contributed by atoms with Gasteiger partial charge in [0.05, 0.1) is 17.1 Å². The van der Waals surface area contributed by atoms with Gasteiger partial charge >= 0.3 is 5.97 Å². The number of benzene rings is 2. The summed E-state index contributed by atoms with van der Waals surface area (Å²) in [5, 5.41) is 11.2. The molecule has 7 nitrogen and oxygen atoms in total. The molecule has 134 valence electrons. The van der Waals surface area contributed by atoms with Gasteiger partial charge in [-0.05, 0) is 38.0 Å². The van der Waals surface area contributed by atoms with Gasteiger partial charge in [0, 0.05) is 29.4 Å². The molecular formula is C19H18N2O5. The highest BCUT2D eigenvalue weighted by atomic mass is 16.6. The first-order chi connectivity index (χ1) is 12.4. The molecular weight excluding hydrogens is 336 g/mol. The van der Waals surface area contributed by atoms with Crippen molar-refractivity contribution < 1.29 is 19.2 Å². The lowest BCUT2D eigenvalue weighted by atomic mass is 10.1. The number of hydrogen-bond donors (Lipinski definition) is 0. The zero-order valence-corrected chi connectivity index (χ0v) is 14.5. The van der Waals surface area contributed by atoms with E-state index in [0.717, 1.165) is 17.3 Å². The maximum atomic E-state index is 13.1. The highest BCUT2D eigenvalue weighted by Crippen LogP contribution is 2.33. The summed E-state index contributed by atoms with van der Waals surface area (Å²) in [6.07, 6.45) is 0.710. The average Bonchev–Trinajstić information content (AvgIpc) is 2.96. The van der Waals surface area contributed by atoms with Crippen LogP contribution in [0.2, 0.25) is 0 Å². The van der Waals surface area contributed by atoms with E-state index in [1.54, 1.807) is 11.8 Å². The van der Waals surface area contributed by atoms with Crippen molar-refractivity contribution in [3.63, 3.8) is 0 Å². The highest BCUT2D eigenvalue weighted by molar-refractivity contribution is 6.09. The molecule has 3 rings (SSSR count). The minimum atomic E-state index is -0.694. The van der Waals surface area contributed by atoms with E-state index in [-0.39, 0.29) is 35.4 Å². The second-order valence-electron chi connectivity index (χ2n) is 6.10. The van der Waals surface area contributed by atoms with Gasteiger partial charge in [0.15, 0.2) is 0 Å². The monoisotopic (exact) mass is 354 g/mol. The number of ether oxygens (including phenoxy) is 1. The van der Waals surface area contributed by atoms with Crippen molar-refractivity contribution in [1.82, 2.24) is 0 Å². The lowest BCUT2D eigenvalue weighted by Crippen LogP contribution is -2.35. The zero-order chi connectivity index (χ0) is 18.8. The molecule has 2 aromatic rings. The number of hydrogen-bond acceptors (Lipinski definition) is 5. The normalized spacial score (nSPS) is 15.5. The maximum Gasteiger partial charge on any atom is 0.338 e. The number of nitro benzene ring substituents is 1. The van der Waals surface area contributed by atoms with Crippen molar-refractivity contribution in [3.05, 3.63) is 69.3 Å². The predicted octanol–water partition coefficient (Wildman–Crippen LogP) is 3.36. The average molecular weight is 354 g/mol. The van der Waals surface area contributed by atoms with Crippen molar-refractivity contribution in [1.29, 1.82) is 0 Å². The van der Waals surface area contributed by atoms with Crippen LogP contribution in [0.3, 0.4) is 0 Å². The predicted molar refractivity (Wildman–Crippen MR) is 95.5 cm³/mol. The van der Waals surface area contributed by atoms with Crippen LogP contribution in [0.25, 0.3) is 0 Å². The summed E-state index contributed by atoms with van der Waals surface area (Å²) in [7, 11) is 0. The van der Waals surface area contributed by atoms with Crippen LogP contribution >= 0.6 is 0 Å². The standard InChI is InChI=1S/C19H18N2O5/c1-3-26-19(23)15-9-14(10-16(11-15)21(24)25)18(22)20-12(2)8-13-6-4-5-7-17(13)20/h4-7,9-12H,3,8H2,1-2H3. The van der Waals surface area contributed by atoms with Crippen molar-refractivity contribution in [2.45, 2.75) is 26.3 Å². The molecule has 0 N–H and O–H groups in total. The number of fused-ring (bicyclic) bond motifs is 1. The van der Waals surface area contributed by atoms with Crippen molar-refractivity contribution in [2.75, 3.05) is 11.5 Å². The highest BCUT2D eigenvalue weighted by Gasteiger charge is 2.32. The van der Waals surface area contributed by atoms with Crippen LogP contribution in [-0.2, 0) is 11.2 Å². The van der Waals surface area contributed by atoms with Crippen LogP contribution in [0, 0.1) is 10.1 Å². The molecule has 0 fully saturated rings. The van der Waals surface area contributed by atoms with E-state index >= 15 is 0 Å². The molecule has 1 aliphatic heterocycles. The Bertz CT molecular complexity index is 893. The van der Waals surface area contributed by atoms with Gasteiger partial charge in [-0.1, -0.05) is 18.2 Å². The summed E-state index contributed by atoms with van der Waals surface area (Å²) < 4.78 is 4.91. The molecule has 0 aromatic heterocycles. The van der Waals surface area contributed by atoms with Crippen LogP contribution in [0.1, 0.15) is 40.1 Å². The second kappa shape index (κ2) is 6.95. The van der Waals surface area contributed by atoms with Crippen molar-refractivity contribution >= 4 is 23.3 Å². The Morgan fingerprint density at radius 1 is 1.23 bits per heavy atom. The fourth-order valence-electron chi connectivity index (χ4n) is 3.19. The zero-order valence-electron chi connectivity index (χ0n) is 14.5. The molecule has 0 bridgehead atoms. The molecule has 2 aromatic carbocycles. The van der Waals surface area contributed by atoms with Crippen LogP contribution in [0.15, 0.2) is 42.5 Å². The van der Waals surface area contributed by atoms with E-state index in [9.17, 15) is 19.7 Å². The second-order valence-corrected chi connectivity index (χ2v) is 6.10. The van der Waals surface area contributed by atoms with Crippen molar-refractivity contribution in [3.8, 4) is 0 Å². The first-order valence-corrected chi connectivity index (χ1v) is 8.30. The number of amides is 1. The maximum absolute atomic E-state index is 13.1. The van der Waals surface area contributed by atoms with Crippen molar-refractivity contribution in [2.24, 2.45) is 0 Å². The summed E-state index contributed by atoms with van der Waals surface area (Å²) in [6.45, 7) is 3.70. The number of non-ortho nitro benzene ring substituents is 1. The molecule has 0 aliphatic carbocycles. The molecule has 7 heteroatoms. The van der Waals surface area contributed by atoms with Crippen LogP contribution in [0.4, 0.5) is 11.4 Å². The molecule has 0 radical (unpaired) electrons. The topological polar surface area (TPSA) is 89.8 Å². The Morgan fingerprint density at radius 3 is 2.62 bits per heavy atom. The number of esters is 1. The molecule has 26 heavy (non-hydrogen) atoms. The Morgan fingerprint density at radius 2 is 1.92 bits per heavy atom. The first kappa shape index (κ1) is 17.6. The minimum Gasteiger partial charge on any atom is -0.462 e. The van der Waals surface area contributed by atoms with Crippen LogP contribution in [-0.4, -0.2) is 29.4 Å². The Labute approximate surface area is 150 Å². The molecule has 1 aliphatic rings. The van der Waals surface area contributed by atoms with Gasteiger partial charge in [-0.15, -0.1) is 0 Å². The Kier molecular flexibility index (Phi) is 4.71. The number of anilines is 1. The quantitative estimate of drug-likeness (QED) is 0.477. The van der Waals surface area contributed by atoms with E-state index in [1.807, 2.05) is 31.2 Å². The summed E-state index contributed by atoms with van der Waals surface area (Å²) >= 11 is 0. The Hall–Kier alpha value is -3.22. The molecule has 0 saturated carbocycles. The Balaban J connectivity index is 2.04. The van der Waals surface area contributed by atoms with E-state index in [0.29, 0.717) is 6.42 Å². The third kappa shape index (κ3) is 3.15. The SMILES string of the molecule is CCOC(=O)c1cc(C(=O)N2c3ccccc3CC2C)cc([N+](=O)[O-])c1. The molecule has 0 spiro atoms. The molecule has 1 heterocycles. The fraction of sp³-hybridized carbons (Fsp3) is 0.263. The van der Waals surface area contributed by atoms with Gasteiger partial charge in [0.2, 0.25) is 0 Å². The molecule has 0 saturated heterocycles.